The first-order chi connectivity index (χ1) is 9.01. The molecule has 102 valence electrons. The van der Waals surface area contributed by atoms with Crippen molar-refractivity contribution in [3.8, 4) is 6.07 Å². The second-order valence-corrected chi connectivity index (χ2v) is 6.69. The van der Waals surface area contributed by atoms with Crippen molar-refractivity contribution in [2.75, 3.05) is 0 Å². The predicted molar refractivity (Wildman–Crippen MR) is 73.0 cm³/mol. The van der Waals surface area contributed by atoms with Crippen molar-refractivity contribution in [3.05, 3.63) is 29.8 Å². The lowest BCUT2D eigenvalue weighted by Gasteiger charge is -2.21. The van der Waals surface area contributed by atoms with Crippen molar-refractivity contribution in [1.29, 1.82) is 5.26 Å². The topological polar surface area (TPSA) is 70.0 Å². The highest BCUT2D eigenvalue weighted by molar-refractivity contribution is 7.89. The number of hydrogen-bond acceptors (Lipinski definition) is 3. The van der Waals surface area contributed by atoms with Gasteiger partial charge in [0.05, 0.1) is 11.0 Å². The second-order valence-electron chi connectivity index (χ2n) is 5.00. The smallest absolute Gasteiger partial charge is 0.207 e. The number of sulfonamides is 1. The quantitative estimate of drug-likeness (QED) is 0.919. The van der Waals surface area contributed by atoms with Crippen LogP contribution in [0.4, 0.5) is 0 Å². The lowest BCUT2D eigenvalue weighted by atomic mass is 10.0. The summed E-state index contributed by atoms with van der Waals surface area (Å²) in [4.78, 5) is 0.228. The molecule has 1 aliphatic carbocycles. The van der Waals surface area contributed by atoms with Gasteiger partial charge in [-0.25, -0.2) is 8.42 Å². The Kier molecular flexibility index (Phi) is 3.93. The van der Waals surface area contributed by atoms with E-state index in [2.05, 4.69) is 10.8 Å². The first-order valence-corrected chi connectivity index (χ1v) is 8.04. The van der Waals surface area contributed by atoms with Crippen molar-refractivity contribution < 1.29 is 8.42 Å². The van der Waals surface area contributed by atoms with Crippen LogP contribution in [0.1, 0.15) is 38.2 Å². The van der Waals surface area contributed by atoms with E-state index < -0.39 is 15.6 Å². The number of nitrogens with zero attached hydrogens (tertiary/aromatic N) is 1. The molecule has 0 radical (unpaired) electrons. The lowest BCUT2D eigenvalue weighted by molar-refractivity contribution is 0.485. The van der Waals surface area contributed by atoms with Gasteiger partial charge in [-0.2, -0.15) is 9.98 Å². The minimum Gasteiger partial charge on any atom is -0.207 e. The highest BCUT2D eigenvalue weighted by Gasteiger charge is 2.38. The van der Waals surface area contributed by atoms with Crippen LogP contribution in [0.3, 0.4) is 0 Å². The number of hydrogen-bond donors (Lipinski definition) is 1. The molecule has 19 heavy (non-hydrogen) atoms. The molecule has 1 N–H and O–H groups in total. The zero-order valence-corrected chi connectivity index (χ0v) is 11.8. The molecular formula is C14H18N2O2S. The molecule has 0 spiro atoms. The van der Waals surface area contributed by atoms with Gasteiger partial charge in [-0.1, -0.05) is 31.9 Å². The maximum absolute atomic E-state index is 12.3. The fourth-order valence-electron chi connectivity index (χ4n) is 2.44. The highest BCUT2D eigenvalue weighted by Crippen LogP contribution is 2.30. The van der Waals surface area contributed by atoms with Gasteiger partial charge >= 0.3 is 0 Å². The van der Waals surface area contributed by atoms with E-state index in [-0.39, 0.29) is 4.90 Å². The fourth-order valence-corrected chi connectivity index (χ4v) is 3.81. The molecule has 4 nitrogen and oxygen atoms in total. The average molecular weight is 278 g/mol. The summed E-state index contributed by atoms with van der Waals surface area (Å²) in [6, 6.07) is 8.95. The van der Waals surface area contributed by atoms with Crippen LogP contribution in [-0.2, 0) is 16.4 Å². The molecule has 0 aliphatic heterocycles. The van der Waals surface area contributed by atoms with Gasteiger partial charge in [-0.05, 0) is 37.0 Å². The second kappa shape index (κ2) is 5.32. The van der Waals surface area contributed by atoms with Gasteiger partial charge in [0.15, 0.2) is 0 Å². The predicted octanol–water partition coefficient (Wildman–Crippen LogP) is 2.36. The van der Waals surface area contributed by atoms with E-state index >= 15 is 0 Å². The zero-order valence-electron chi connectivity index (χ0n) is 11.0. The van der Waals surface area contributed by atoms with Gasteiger partial charge in [0.1, 0.15) is 5.54 Å². The molecule has 0 atom stereocenters. The van der Waals surface area contributed by atoms with E-state index in [1.807, 2.05) is 19.1 Å². The SMILES string of the molecule is CCc1ccc(S(=O)(=O)NC2(C#N)CCCC2)cc1. The summed E-state index contributed by atoms with van der Waals surface area (Å²) in [5.74, 6) is 0. The Morgan fingerprint density at radius 2 is 1.84 bits per heavy atom. The van der Waals surface area contributed by atoms with Crippen LogP contribution in [0, 0.1) is 11.3 Å². The molecule has 1 fully saturated rings. The maximum Gasteiger partial charge on any atom is 0.241 e. The minimum atomic E-state index is -3.61. The average Bonchev–Trinajstić information content (AvgIpc) is 2.87. The van der Waals surface area contributed by atoms with Crippen LogP contribution in [-0.4, -0.2) is 14.0 Å². The van der Waals surface area contributed by atoms with E-state index in [0.29, 0.717) is 12.8 Å². The first kappa shape index (κ1) is 14.0. The van der Waals surface area contributed by atoms with Crippen molar-refractivity contribution in [1.82, 2.24) is 4.72 Å². The Morgan fingerprint density at radius 1 is 1.26 bits per heavy atom. The number of nitrogens with one attached hydrogen (secondary N) is 1. The summed E-state index contributed by atoms with van der Waals surface area (Å²) < 4.78 is 27.2. The minimum absolute atomic E-state index is 0.228. The van der Waals surface area contributed by atoms with Crippen LogP contribution < -0.4 is 4.72 Å². The van der Waals surface area contributed by atoms with Crippen LogP contribution in [0.2, 0.25) is 0 Å². The molecule has 0 heterocycles. The van der Waals surface area contributed by atoms with E-state index in [4.69, 9.17) is 0 Å². The van der Waals surface area contributed by atoms with Crippen LogP contribution in [0.25, 0.3) is 0 Å². The monoisotopic (exact) mass is 278 g/mol. The summed E-state index contributed by atoms with van der Waals surface area (Å²) in [7, 11) is -3.61. The molecule has 0 bridgehead atoms. The molecule has 1 aromatic rings. The van der Waals surface area contributed by atoms with Crippen LogP contribution in [0.5, 0.6) is 0 Å². The Labute approximate surface area is 114 Å². The maximum atomic E-state index is 12.3. The molecule has 5 heteroatoms. The van der Waals surface area contributed by atoms with E-state index in [9.17, 15) is 13.7 Å². The van der Waals surface area contributed by atoms with Gasteiger partial charge in [0, 0.05) is 0 Å². The van der Waals surface area contributed by atoms with E-state index in [1.165, 1.54) is 0 Å². The molecule has 0 aromatic heterocycles. The Balaban J connectivity index is 2.24. The third kappa shape index (κ3) is 2.96. The van der Waals surface area contributed by atoms with Crippen molar-refractivity contribution >= 4 is 10.0 Å². The molecule has 1 aliphatic rings. The van der Waals surface area contributed by atoms with Crippen molar-refractivity contribution in [2.24, 2.45) is 0 Å². The normalized spacial score (nSPS) is 18.1. The lowest BCUT2D eigenvalue weighted by Crippen LogP contribution is -2.44. The van der Waals surface area contributed by atoms with Crippen molar-refractivity contribution in [2.45, 2.75) is 49.5 Å². The fraction of sp³-hybridized carbons (Fsp3) is 0.500. The van der Waals surface area contributed by atoms with Crippen LogP contribution >= 0.6 is 0 Å². The summed E-state index contributed by atoms with van der Waals surface area (Å²) in [5, 5.41) is 9.23. The largest absolute Gasteiger partial charge is 0.241 e. The molecule has 1 saturated carbocycles. The molecular weight excluding hydrogens is 260 g/mol. The molecule has 0 unspecified atom stereocenters. The summed E-state index contributed by atoms with van der Waals surface area (Å²) in [5.41, 5.74) is 0.178. The Bertz CT molecular complexity index is 579. The number of aryl methyl sites for hydroxylation is 1. The first-order valence-electron chi connectivity index (χ1n) is 6.55. The van der Waals surface area contributed by atoms with Gasteiger partial charge in [-0.15, -0.1) is 0 Å². The van der Waals surface area contributed by atoms with Gasteiger partial charge in [0.2, 0.25) is 10.0 Å². The molecule has 1 aromatic carbocycles. The highest BCUT2D eigenvalue weighted by atomic mass is 32.2. The number of benzene rings is 1. The van der Waals surface area contributed by atoms with E-state index in [0.717, 1.165) is 24.8 Å². The Morgan fingerprint density at radius 3 is 2.32 bits per heavy atom. The van der Waals surface area contributed by atoms with Gasteiger partial charge in [-0.3, -0.25) is 0 Å². The van der Waals surface area contributed by atoms with Gasteiger partial charge in [0.25, 0.3) is 0 Å². The van der Waals surface area contributed by atoms with Crippen LogP contribution in [0.15, 0.2) is 29.2 Å². The zero-order chi connectivity index (χ0) is 13.9. The van der Waals surface area contributed by atoms with E-state index in [1.54, 1.807) is 12.1 Å². The third-order valence-electron chi connectivity index (χ3n) is 3.64. The summed E-state index contributed by atoms with van der Waals surface area (Å²) in [6.07, 6.45) is 3.84. The number of nitriles is 1. The molecule has 0 saturated heterocycles. The third-order valence-corrected chi connectivity index (χ3v) is 5.19. The van der Waals surface area contributed by atoms with Gasteiger partial charge < -0.3 is 0 Å². The summed E-state index contributed by atoms with van der Waals surface area (Å²) in [6.45, 7) is 2.02. The van der Waals surface area contributed by atoms with Crippen molar-refractivity contribution in [3.63, 3.8) is 0 Å². The standard InChI is InChI=1S/C14H18N2O2S/c1-2-12-5-7-13(8-6-12)19(17,18)16-14(11-15)9-3-4-10-14/h5-8,16H,2-4,9-10H2,1H3. The number of rotatable bonds is 4. The Hall–Kier alpha value is -1.38. The summed E-state index contributed by atoms with van der Waals surface area (Å²) >= 11 is 0. The molecule has 2 rings (SSSR count). The molecule has 0 amide bonds.